The van der Waals surface area contributed by atoms with Gasteiger partial charge in [-0.2, -0.15) is 0 Å². The van der Waals surface area contributed by atoms with Crippen molar-refractivity contribution in [3.05, 3.63) is 70.4 Å². The lowest BCUT2D eigenvalue weighted by atomic mass is 10.1. The van der Waals surface area contributed by atoms with Crippen molar-refractivity contribution in [3.63, 3.8) is 0 Å². The summed E-state index contributed by atoms with van der Waals surface area (Å²) in [6.07, 6.45) is 10.2. The second-order valence-corrected chi connectivity index (χ2v) is 14.0. The first-order valence-electron chi connectivity index (χ1n) is 12.7. The Labute approximate surface area is 230 Å². The smallest absolute Gasteiger partial charge is 0.0474 e. The summed E-state index contributed by atoms with van der Waals surface area (Å²) in [6, 6.07) is 18.6. The zero-order valence-corrected chi connectivity index (χ0v) is 24.6. The van der Waals surface area contributed by atoms with Crippen LogP contribution in [0.5, 0.6) is 0 Å². The molecule has 35 heavy (non-hydrogen) atoms. The highest BCUT2D eigenvalue weighted by Crippen LogP contribution is 2.45. The van der Waals surface area contributed by atoms with Crippen molar-refractivity contribution in [2.75, 3.05) is 0 Å². The fourth-order valence-electron chi connectivity index (χ4n) is 4.42. The third-order valence-electron chi connectivity index (χ3n) is 6.34. The predicted octanol–water partition coefficient (Wildman–Crippen LogP) is 12.1. The quantitative estimate of drug-likeness (QED) is 0.135. The van der Waals surface area contributed by atoms with Crippen LogP contribution in [0.2, 0.25) is 0 Å². The van der Waals surface area contributed by atoms with E-state index in [4.69, 9.17) is 0 Å². The Balaban J connectivity index is 1.31. The van der Waals surface area contributed by atoms with Gasteiger partial charge in [-0.15, -0.1) is 56.7 Å². The molecule has 0 aliphatic heterocycles. The molecule has 5 aromatic heterocycles. The molecule has 5 heteroatoms. The molecule has 5 rings (SSSR count). The zero-order chi connectivity index (χ0) is 24.0. The van der Waals surface area contributed by atoms with Crippen molar-refractivity contribution in [2.24, 2.45) is 0 Å². The van der Waals surface area contributed by atoms with E-state index in [1.165, 1.54) is 102 Å². The monoisotopic (exact) mass is 552 g/mol. The number of thiophene rings is 5. The fourth-order valence-corrected chi connectivity index (χ4v) is 9.85. The van der Waals surface area contributed by atoms with Gasteiger partial charge in [0.25, 0.3) is 0 Å². The molecule has 0 nitrogen and oxygen atoms in total. The summed E-state index contributed by atoms with van der Waals surface area (Å²) in [5.41, 5.74) is 3.05. The second kappa shape index (κ2) is 12.2. The predicted molar refractivity (Wildman–Crippen MR) is 164 cm³/mol. The Bertz CT molecular complexity index is 1240. The Morgan fingerprint density at radius 2 is 0.829 bits per heavy atom. The number of aryl methyl sites for hydroxylation is 2. The van der Waals surface area contributed by atoms with E-state index in [9.17, 15) is 0 Å². The van der Waals surface area contributed by atoms with Crippen LogP contribution >= 0.6 is 56.7 Å². The second-order valence-electron chi connectivity index (χ2n) is 8.96. The highest BCUT2D eigenvalue weighted by atomic mass is 32.1. The first kappa shape index (κ1) is 25.2. The maximum Gasteiger partial charge on any atom is 0.0474 e. The lowest BCUT2D eigenvalue weighted by Crippen LogP contribution is -1.84. The number of unbranched alkanes of at least 4 members (excludes halogenated alkanes) is 4. The average Bonchev–Trinajstić information content (AvgIpc) is 3.68. The van der Waals surface area contributed by atoms with Crippen LogP contribution in [-0.4, -0.2) is 0 Å². The van der Waals surface area contributed by atoms with E-state index >= 15 is 0 Å². The average molecular weight is 553 g/mol. The van der Waals surface area contributed by atoms with Crippen LogP contribution in [0.4, 0.5) is 0 Å². The molecule has 0 N–H and O–H groups in total. The SMILES string of the molecule is CCCCCc1ccsc1-c1ccc(-c2ccc(-c3ccc(-c4sccc4CCCCC)s3)s2)s1. The third kappa shape index (κ3) is 5.91. The minimum atomic E-state index is 1.20. The van der Waals surface area contributed by atoms with E-state index in [1.807, 2.05) is 56.7 Å². The summed E-state index contributed by atoms with van der Waals surface area (Å²) in [5, 5.41) is 4.52. The Hall–Kier alpha value is -1.50. The van der Waals surface area contributed by atoms with E-state index in [2.05, 4.69) is 73.1 Å². The molecule has 0 aliphatic rings. The molecule has 5 heterocycles. The first-order valence-corrected chi connectivity index (χ1v) is 16.9. The van der Waals surface area contributed by atoms with Crippen LogP contribution in [-0.2, 0) is 12.8 Å². The molecule has 0 saturated carbocycles. The van der Waals surface area contributed by atoms with Gasteiger partial charge in [0.2, 0.25) is 0 Å². The van der Waals surface area contributed by atoms with E-state index in [-0.39, 0.29) is 0 Å². The van der Waals surface area contributed by atoms with Gasteiger partial charge in [0.15, 0.2) is 0 Å². The van der Waals surface area contributed by atoms with Gasteiger partial charge < -0.3 is 0 Å². The van der Waals surface area contributed by atoms with Gasteiger partial charge in [-0.25, -0.2) is 0 Å². The molecule has 0 bridgehead atoms. The molecule has 182 valence electrons. The van der Waals surface area contributed by atoms with Gasteiger partial charge >= 0.3 is 0 Å². The maximum atomic E-state index is 2.33. The number of hydrogen-bond acceptors (Lipinski definition) is 5. The molecule has 0 atom stereocenters. The van der Waals surface area contributed by atoms with Gasteiger partial charge in [0.05, 0.1) is 0 Å². The Kier molecular flexibility index (Phi) is 8.74. The lowest BCUT2D eigenvalue weighted by molar-refractivity contribution is 0.719. The molecule has 5 aromatic rings. The summed E-state index contributed by atoms with van der Waals surface area (Å²) in [5.74, 6) is 0. The summed E-state index contributed by atoms with van der Waals surface area (Å²) in [6.45, 7) is 4.56. The number of hydrogen-bond donors (Lipinski definition) is 0. The molecule has 0 unspecified atom stereocenters. The van der Waals surface area contributed by atoms with Crippen molar-refractivity contribution in [1.29, 1.82) is 0 Å². The van der Waals surface area contributed by atoms with Crippen molar-refractivity contribution >= 4 is 56.7 Å². The topological polar surface area (TPSA) is 0 Å². The van der Waals surface area contributed by atoms with Crippen molar-refractivity contribution < 1.29 is 0 Å². The molecule has 0 radical (unpaired) electrons. The van der Waals surface area contributed by atoms with E-state index in [0.717, 1.165) is 0 Å². The Morgan fingerprint density at radius 3 is 1.23 bits per heavy atom. The largest absolute Gasteiger partial charge is 0.143 e. The lowest BCUT2D eigenvalue weighted by Gasteiger charge is -2.01. The van der Waals surface area contributed by atoms with E-state index in [1.54, 1.807) is 0 Å². The van der Waals surface area contributed by atoms with Crippen LogP contribution in [0.3, 0.4) is 0 Å². The molecular formula is C30H32S5. The van der Waals surface area contributed by atoms with Gasteiger partial charge in [-0.1, -0.05) is 39.5 Å². The first-order chi connectivity index (χ1) is 17.3. The van der Waals surface area contributed by atoms with Crippen molar-refractivity contribution in [3.8, 4) is 39.0 Å². The molecule has 0 amide bonds. The van der Waals surface area contributed by atoms with E-state index in [0.29, 0.717) is 0 Å². The summed E-state index contributed by atoms with van der Waals surface area (Å²) >= 11 is 9.61. The van der Waals surface area contributed by atoms with Crippen LogP contribution in [0, 0.1) is 0 Å². The van der Waals surface area contributed by atoms with Crippen molar-refractivity contribution in [1.82, 2.24) is 0 Å². The van der Waals surface area contributed by atoms with Gasteiger partial charge in [0.1, 0.15) is 0 Å². The highest BCUT2D eigenvalue weighted by molar-refractivity contribution is 7.29. The molecule has 0 saturated heterocycles. The molecule has 0 fully saturated rings. The molecule has 0 aliphatic carbocycles. The molecular weight excluding hydrogens is 521 g/mol. The Morgan fingerprint density at radius 1 is 0.457 bits per heavy atom. The zero-order valence-electron chi connectivity index (χ0n) is 20.5. The highest BCUT2D eigenvalue weighted by Gasteiger charge is 2.15. The normalized spacial score (nSPS) is 11.5. The fraction of sp³-hybridized carbons (Fsp3) is 0.333. The van der Waals surface area contributed by atoms with Gasteiger partial charge in [0, 0.05) is 39.0 Å². The minimum absolute atomic E-state index is 1.20. The van der Waals surface area contributed by atoms with Crippen LogP contribution in [0.1, 0.15) is 63.5 Å². The van der Waals surface area contributed by atoms with Crippen LogP contribution in [0.15, 0.2) is 59.3 Å². The molecule has 0 spiro atoms. The summed E-state index contributed by atoms with van der Waals surface area (Å²) < 4.78 is 0. The summed E-state index contributed by atoms with van der Waals surface area (Å²) in [4.78, 5) is 11.3. The van der Waals surface area contributed by atoms with Gasteiger partial charge in [-0.05, 0) is 96.1 Å². The van der Waals surface area contributed by atoms with Crippen LogP contribution < -0.4 is 0 Å². The standard InChI is InChI=1S/C30H32S5/c1-3-5-7-9-21-17-19-31-29(21)27-15-13-25(34-27)23-11-12-24(33-23)26-14-16-28(35-26)30-22(18-20-32-30)10-8-6-4-2/h11-20H,3-10H2,1-2H3. The summed E-state index contributed by atoms with van der Waals surface area (Å²) in [7, 11) is 0. The third-order valence-corrected chi connectivity index (χ3v) is 12.3. The number of rotatable bonds is 12. The van der Waals surface area contributed by atoms with Gasteiger partial charge in [-0.3, -0.25) is 0 Å². The van der Waals surface area contributed by atoms with Crippen LogP contribution in [0.25, 0.3) is 39.0 Å². The van der Waals surface area contributed by atoms with E-state index < -0.39 is 0 Å². The molecule has 0 aromatic carbocycles. The van der Waals surface area contributed by atoms with Crippen molar-refractivity contribution in [2.45, 2.75) is 65.2 Å². The minimum Gasteiger partial charge on any atom is -0.143 e. The maximum absolute atomic E-state index is 2.33.